The highest BCUT2D eigenvalue weighted by molar-refractivity contribution is 5.89. The summed E-state index contributed by atoms with van der Waals surface area (Å²) < 4.78 is 4.68. The van der Waals surface area contributed by atoms with Crippen molar-refractivity contribution >= 4 is 11.8 Å². The summed E-state index contributed by atoms with van der Waals surface area (Å²) in [5.74, 6) is 0.327. The van der Waals surface area contributed by atoms with E-state index in [1.165, 1.54) is 20.0 Å². The average Bonchev–Trinajstić information content (AvgIpc) is 2.41. The van der Waals surface area contributed by atoms with Crippen LogP contribution in [0.2, 0.25) is 0 Å². The van der Waals surface area contributed by atoms with Crippen molar-refractivity contribution in [2.45, 2.75) is 37.8 Å². The lowest BCUT2D eigenvalue weighted by Gasteiger charge is -2.29. The summed E-state index contributed by atoms with van der Waals surface area (Å²) in [5, 5.41) is 3.31. The van der Waals surface area contributed by atoms with E-state index in [1.807, 2.05) is 0 Å². The second-order valence-corrected chi connectivity index (χ2v) is 4.62. The Morgan fingerprint density at radius 1 is 1.50 bits per heavy atom. The Labute approximate surface area is 107 Å². The number of aromatic nitrogens is 1. The third kappa shape index (κ3) is 2.98. The third-order valence-corrected chi connectivity index (χ3v) is 3.33. The number of anilines is 1. The predicted molar refractivity (Wildman–Crippen MR) is 69.4 cm³/mol. The summed E-state index contributed by atoms with van der Waals surface area (Å²) in [6.07, 6.45) is 6.06. The van der Waals surface area contributed by atoms with E-state index in [9.17, 15) is 4.79 Å². The summed E-state index contributed by atoms with van der Waals surface area (Å²) in [5.41, 5.74) is 6.57. The van der Waals surface area contributed by atoms with E-state index >= 15 is 0 Å². The molecular weight excluding hydrogens is 230 g/mol. The Kier molecular flexibility index (Phi) is 4.15. The molecule has 0 amide bonds. The van der Waals surface area contributed by atoms with E-state index in [4.69, 9.17) is 5.73 Å². The van der Waals surface area contributed by atoms with Crippen molar-refractivity contribution in [1.29, 1.82) is 0 Å². The number of carbonyl (C=O) groups excluding carboxylic acids is 1. The van der Waals surface area contributed by atoms with E-state index in [2.05, 4.69) is 15.0 Å². The summed E-state index contributed by atoms with van der Waals surface area (Å²) >= 11 is 0. The monoisotopic (exact) mass is 249 g/mol. The van der Waals surface area contributed by atoms with Crippen LogP contribution in [-0.2, 0) is 4.74 Å². The van der Waals surface area contributed by atoms with Crippen molar-refractivity contribution in [3.05, 3.63) is 23.9 Å². The zero-order valence-corrected chi connectivity index (χ0v) is 10.6. The molecule has 5 heteroatoms. The summed E-state index contributed by atoms with van der Waals surface area (Å²) in [6.45, 7) is 0. The van der Waals surface area contributed by atoms with Crippen LogP contribution >= 0.6 is 0 Å². The fourth-order valence-electron chi connectivity index (χ4n) is 2.28. The third-order valence-electron chi connectivity index (χ3n) is 3.33. The van der Waals surface area contributed by atoms with Crippen molar-refractivity contribution in [2.24, 2.45) is 5.73 Å². The first-order valence-corrected chi connectivity index (χ1v) is 6.27. The van der Waals surface area contributed by atoms with Gasteiger partial charge in [-0.15, -0.1) is 0 Å². The van der Waals surface area contributed by atoms with Crippen LogP contribution in [0, 0.1) is 0 Å². The minimum atomic E-state index is -0.353. The molecule has 2 atom stereocenters. The van der Waals surface area contributed by atoms with Crippen molar-refractivity contribution in [2.75, 3.05) is 12.4 Å². The molecule has 0 aliphatic heterocycles. The molecule has 0 saturated heterocycles. The van der Waals surface area contributed by atoms with Gasteiger partial charge in [0.1, 0.15) is 5.82 Å². The molecule has 3 N–H and O–H groups in total. The minimum Gasteiger partial charge on any atom is -0.465 e. The lowest BCUT2D eigenvalue weighted by molar-refractivity contribution is 0.0600. The molecule has 18 heavy (non-hydrogen) atoms. The van der Waals surface area contributed by atoms with E-state index in [0.717, 1.165) is 12.8 Å². The van der Waals surface area contributed by atoms with Crippen molar-refractivity contribution < 1.29 is 9.53 Å². The molecule has 1 aromatic heterocycles. The average molecular weight is 249 g/mol. The van der Waals surface area contributed by atoms with Crippen molar-refractivity contribution in [1.82, 2.24) is 4.98 Å². The maximum absolute atomic E-state index is 11.4. The lowest BCUT2D eigenvalue weighted by Crippen LogP contribution is -2.42. The molecular formula is C13H19N3O2. The van der Waals surface area contributed by atoms with Crippen LogP contribution < -0.4 is 11.1 Å². The lowest BCUT2D eigenvalue weighted by atomic mass is 9.91. The SMILES string of the molecule is COC(=O)c1ccnc(NC2CCCCC2N)c1. The van der Waals surface area contributed by atoms with Crippen LogP contribution in [0.25, 0.3) is 0 Å². The van der Waals surface area contributed by atoms with Gasteiger partial charge < -0.3 is 15.8 Å². The van der Waals surface area contributed by atoms with Gasteiger partial charge in [0.25, 0.3) is 0 Å². The fraction of sp³-hybridized carbons (Fsp3) is 0.538. The molecule has 0 aromatic carbocycles. The van der Waals surface area contributed by atoms with Gasteiger partial charge in [0.15, 0.2) is 0 Å². The number of rotatable bonds is 3. The van der Waals surface area contributed by atoms with E-state index in [-0.39, 0.29) is 18.1 Å². The molecule has 1 aromatic rings. The van der Waals surface area contributed by atoms with Crippen molar-refractivity contribution in [3.8, 4) is 0 Å². The first kappa shape index (κ1) is 12.8. The van der Waals surface area contributed by atoms with Crippen LogP contribution in [0.15, 0.2) is 18.3 Å². The van der Waals surface area contributed by atoms with Gasteiger partial charge in [-0.05, 0) is 25.0 Å². The molecule has 2 rings (SSSR count). The van der Waals surface area contributed by atoms with Gasteiger partial charge in [-0.25, -0.2) is 9.78 Å². The number of methoxy groups -OCH3 is 1. The Hall–Kier alpha value is -1.62. The van der Waals surface area contributed by atoms with E-state index in [0.29, 0.717) is 11.4 Å². The van der Waals surface area contributed by atoms with Crippen LogP contribution in [0.3, 0.4) is 0 Å². The Balaban J connectivity index is 2.06. The maximum Gasteiger partial charge on any atom is 0.338 e. The van der Waals surface area contributed by atoms with Gasteiger partial charge in [-0.3, -0.25) is 0 Å². The smallest absolute Gasteiger partial charge is 0.338 e. The van der Waals surface area contributed by atoms with Gasteiger partial charge >= 0.3 is 5.97 Å². The van der Waals surface area contributed by atoms with Gasteiger partial charge in [-0.2, -0.15) is 0 Å². The largest absolute Gasteiger partial charge is 0.465 e. The zero-order valence-electron chi connectivity index (χ0n) is 10.6. The second-order valence-electron chi connectivity index (χ2n) is 4.62. The Bertz CT molecular complexity index is 422. The minimum absolute atomic E-state index is 0.155. The number of carbonyl (C=O) groups is 1. The molecule has 1 aliphatic carbocycles. The van der Waals surface area contributed by atoms with Crippen LogP contribution in [0.1, 0.15) is 36.0 Å². The number of esters is 1. The molecule has 1 aliphatic rings. The standard InChI is InChI=1S/C13H19N3O2/c1-18-13(17)9-6-7-15-12(8-9)16-11-5-3-2-4-10(11)14/h6-8,10-11H,2-5,14H2,1H3,(H,15,16). The molecule has 0 spiro atoms. The molecule has 1 saturated carbocycles. The molecule has 5 nitrogen and oxygen atoms in total. The topological polar surface area (TPSA) is 77.2 Å². The molecule has 0 bridgehead atoms. The first-order chi connectivity index (χ1) is 8.70. The van der Waals surface area contributed by atoms with E-state index in [1.54, 1.807) is 18.3 Å². The van der Waals surface area contributed by atoms with Gasteiger partial charge in [0.05, 0.1) is 12.7 Å². The molecule has 98 valence electrons. The second kappa shape index (κ2) is 5.82. The number of nitrogens with zero attached hydrogens (tertiary/aromatic N) is 1. The quantitative estimate of drug-likeness (QED) is 0.795. The Morgan fingerprint density at radius 2 is 2.28 bits per heavy atom. The number of nitrogens with one attached hydrogen (secondary N) is 1. The van der Waals surface area contributed by atoms with Crippen LogP contribution in [0.4, 0.5) is 5.82 Å². The predicted octanol–water partition coefficient (Wildman–Crippen LogP) is 1.55. The van der Waals surface area contributed by atoms with E-state index < -0.39 is 0 Å². The van der Waals surface area contributed by atoms with Gasteiger partial charge in [0, 0.05) is 18.3 Å². The molecule has 1 heterocycles. The van der Waals surface area contributed by atoms with Crippen molar-refractivity contribution in [3.63, 3.8) is 0 Å². The summed E-state index contributed by atoms with van der Waals surface area (Å²) in [4.78, 5) is 15.6. The Morgan fingerprint density at radius 3 is 3.00 bits per heavy atom. The molecule has 1 fully saturated rings. The number of hydrogen-bond donors (Lipinski definition) is 2. The normalized spacial score (nSPS) is 23.4. The maximum atomic E-state index is 11.4. The summed E-state index contributed by atoms with van der Waals surface area (Å²) in [7, 11) is 1.37. The first-order valence-electron chi connectivity index (χ1n) is 6.27. The van der Waals surface area contributed by atoms with Gasteiger partial charge in [-0.1, -0.05) is 12.8 Å². The molecule has 0 radical (unpaired) electrons. The highest BCUT2D eigenvalue weighted by Gasteiger charge is 2.22. The number of pyridine rings is 1. The van der Waals surface area contributed by atoms with Gasteiger partial charge in [0.2, 0.25) is 0 Å². The zero-order chi connectivity index (χ0) is 13.0. The number of nitrogens with two attached hydrogens (primary N) is 1. The summed E-state index contributed by atoms with van der Waals surface area (Å²) in [6, 6.07) is 3.73. The number of hydrogen-bond acceptors (Lipinski definition) is 5. The number of ether oxygens (including phenoxy) is 1. The fourth-order valence-corrected chi connectivity index (χ4v) is 2.28. The van der Waals surface area contributed by atoms with Crippen LogP contribution in [-0.4, -0.2) is 30.1 Å². The molecule has 2 unspecified atom stereocenters. The highest BCUT2D eigenvalue weighted by Crippen LogP contribution is 2.20. The highest BCUT2D eigenvalue weighted by atomic mass is 16.5. The van der Waals surface area contributed by atoms with Crippen LogP contribution in [0.5, 0.6) is 0 Å².